The number of rotatable bonds is 5. The molecule has 2 saturated heterocycles. The molecule has 12 heteroatoms. The highest BCUT2D eigenvalue weighted by molar-refractivity contribution is 5.83. The van der Waals surface area contributed by atoms with E-state index < -0.39 is 11.2 Å². The Morgan fingerprint density at radius 1 is 0.720 bits per heavy atom. The van der Waals surface area contributed by atoms with Gasteiger partial charge in [0.15, 0.2) is 0 Å². The van der Waals surface area contributed by atoms with Gasteiger partial charge in [-0.05, 0) is 115 Å². The van der Waals surface area contributed by atoms with Crippen LogP contribution in [0.25, 0.3) is 21.8 Å². The van der Waals surface area contributed by atoms with E-state index in [0.717, 1.165) is 68.5 Å². The lowest BCUT2D eigenvalue weighted by molar-refractivity contribution is -0.384. The van der Waals surface area contributed by atoms with E-state index in [1.54, 1.807) is 17.0 Å². The summed E-state index contributed by atoms with van der Waals surface area (Å²) in [7, 11) is 0. The summed E-state index contributed by atoms with van der Waals surface area (Å²) in [5, 5.41) is 13.0. The normalized spacial score (nSPS) is 16.3. The minimum Gasteiger partial charge on any atom is -0.444 e. The lowest BCUT2D eigenvalue weighted by Gasteiger charge is -2.33. The molecule has 0 bridgehead atoms. The van der Waals surface area contributed by atoms with Crippen molar-refractivity contribution in [1.82, 2.24) is 18.9 Å². The van der Waals surface area contributed by atoms with Crippen molar-refractivity contribution in [1.29, 1.82) is 0 Å². The van der Waals surface area contributed by atoms with Crippen LogP contribution in [0.4, 0.5) is 21.0 Å². The quantitative estimate of drug-likeness (QED) is 0.127. The van der Waals surface area contributed by atoms with Crippen LogP contribution in [0, 0.1) is 22.0 Å². The minimum atomic E-state index is -0.472. The molecule has 0 unspecified atom stereocenters. The second-order valence-electron chi connectivity index (χ2n) is 15.6. The van der Waals surface area contributed by atoms with Crippen LogP contribution < -0.4 is 5.73 Å². The SMILES string of the molecule is CC(C)(C)OC(=O)N1CCC(Cn2ccc3cc(N)ccc32)CC1.CC(C)(C)OC(=O)N1CCC(Cn2ccc3cc([N+](=O)[O-])ccc32)CC1. The maximum atomic E-state index is 12.1. The maximum absolute atomic E-state index is 12.1. The maximum Gasteiger partial charge on any atom is 0.410 e. The molecule has 270 valence electrons. The average molecular weight is 689 g/mol. The first kappa shape index (κ1) is 36.5. The predicted molar refractivity (Wildman–Crippen MR) is 196 cm³/mol. The molecule has 0 atom stereocenters. The first-order valence-electron chi connectivity index (χ1n) is 17.6. The number of ether oxygens (including phenoxy) is 2. The first-order valence-corrected chi connectivity index (χ1v) is 17.6. The Balaban J connectivity index is 0.000000195. The summed E-state index contributed by atoms with van der Waals surface area (Å²) in [5.74, 6) is 1.05. The van der Waals surface area contributed by atoms with Crippen molar-refractivity contribution < 1.29 is 24.0 Å². The van der Waals surface area contributed by atoms with Gasteiger partial charge in [0.1, 0.15) is 11.2 Å². The highest BCUT2D eigenvalue weighted by Crippen LogP contribution is 2.27. The summed E-state index contributed by atoms with van der Waals surface area (Å²) in [6.07, 6.45) is 7.54. The van der Waals surface area contributed by atoms with E-state index in [0.29, 0.717) is 24.9 Å². The smallest absolute Gasteiger partial charge is 0.410 e. The molecule has 2 aliphatic heterocycles. The standard InChI is InChI=1S/C19H25N3O4.C19H27N3O2/c1-19(2,3)26-18(23)20-9-6-14(7-10-20)13-21-11-8-15-12-16(22(24)25)4-5-17(15)21;1-19(2,3)24-18(23)21-9-6-14(7-10-21)13-22-11-8-15-12-16(20)4-5-17(15)22/h4-5,8,11-12,14H,6-7,9-10,13H2,1-3H3;4-5,8,11-12,14H,6-7,9-10,13,20H2,1-3H3. The molecular formula is C38H52N6O6. The average Bonchev–Trinajstić information content (AvgIpc) is 3.63. The molecule has 2 aromatic heterocycles. The number of nitro benzene ring substituents is 1. The third-order valence-electron chi connectivity index (χ3n) is 9.20. The lowest BCUT2D eigenvalue weighted by Crippen LogP contribution is -2.42. The number of carbonyl (C=O) groups is 2. The fourth-order valence-corrected chi connectivity index (χ4v) is 6.64. The molecule has 2 aromatic carbocycles. The van der Waals surface area contributed by atoms with Gasteiger partial charge < -0.3 is 34.1 Å². The van der Waals surface area contributed by atoms with Crippen LogP contribution in [0.5, 0.6) is 0 Å². The molecule has 0 aliphatic carbocycles. The number of non-ortho nitro benzene ring substituents is 1. The van der Waals surface area contributed by atoms with E-state index in [1.165, 1.54) is 10.9 Å². The highest BCUT2D eigenvalue weighted by Gasteiger charge is 2.28. The van der Waals surface area contributed by atoms with E-state index in [-0.39, 0.29) is 22.8 Å². The van der Waals surface area contributed by atoms with Crippen molar-refractivity contribution in [2.75, 3.05) is 31.9 Å². The monoisotopic (exact) mass is 688 g/mol. The number of nitrogen functional groups attached to an aromatic ring is 1. The number of amides is 2. The van der Waals surface area contributed by atoms with Crippen molar-refractivity contribution in [3.05, 3.63) is 71.0 Å². The Labute approximate surface area is 294 Å². The lowest BCUT2D eigenvalue weighted by atomic mass is 9.97. The van der Waals surface area contributed by atoms with Gasteiger partial charge in [-0.15, -0.1) is 0 Å². The number of aromatic nitrogens is 2. The molecule has 6 rings (SSSR count). The van der Waals surface area contributed by atoms with Gasteiger partial charge in [0.2, 0.25) is 0 Å². The zero-order valence-corrected chi connectivity index (χ0v) is 30.3. The number of nitrogens with two attached hydrogens (primary N) is 1. The third kappa shape index (κ3) is 9.70. The van der Waals surface area contributed by atoms with Crippen molar-refractivity contribution in [2.24, 2.45) is 11.8 Å². The van der Waals surface area contributed by atoms with Crippen molar-refractivity contribution >= 4 is 45.4 Å². The topological polar surface area (TPSA) is 138 Å². The van der Waals surface area contributed by atoms with Gasteiger partial charge in [0.05, 0.1) is 4.92 Å². The van der Waals surface area contributed by atoms with Crippen LogP contribution in [0.1, 0.15) is 67.2 Å². The molecule has 4 aromatic rings. The number of fused-ring (bicyclic) bond motifs is 2. The number of nitrogens with zero attached hydrogens (tertiary/aromatic N) is 5. The molecule has 4 heterocycles. The van der Waals surface area contributed by atoms with Crippen LogP contribution in [0.2, 0.25) is 0 Å². The number of nitro groups is 1. The number of carbonyl (C=O) groups excluding carboxylic acids is 2. The molecule has 2 amide bonds. The Hall–Kier alpha value is -4.74. The Morgan fingerprint density at radius 2 is 1.14 bits per heavy atom. The zero-order chi connectivity index (χ0) is 36.2. The predicted octanol–water partition coefficient (Wildman–Crippen LogP) is 8.07. The van der Waals surface area contributed by atoms with E-state index in [4.69, 9.17) is 15.2 Å². The van der Waals surface area contributed by atoms with Crippen molar-refractivity contribution in [3.8, 4) is 0 Å². The van der Waals surface area contributed by atoms with Gasteiger partial charge >= 0.3 is 12.2 Å². The van der Waals surface area contributed by atoms with Crippen LogP contribution >= 0.6 is 0 Å². The summed E-state index contributed by atoms with van der Waals surface area (Å²) < 4.78 is 15.3. The zero-order valence-electron chi connectivity index (χ0n) is 30.3. The number of hydrogen-bond acceptors (Lipinski definition) is 7. The Kier molecular flexibility index (Phi) is 11.0. The molecule has 12 nitrogen and oxygen atoms in total. The van der Waals surface area contributed by atoms with Gasteiger partial charge in [-0.3, -0.25) is 10.1 Å². The number of piperidine rings is 2. The van der Waals surface area contributed by atoms with Crippen LogP contribution in [0.3, 0.4) is 0 Å². The second kappa shape index (κ2) is 15.0. The van der Waals surface area contributed by atoms with E-state index in [2.05, 4.69) is 27.5 Å². The number of hydrogen-bond donors (Lipinski definition) is 1. The molecule has 0 saturated carbocycles. The first-order chi connectivity index (χ1) is 23.5. The number of anilines is 1. The highest BCUT2D eigenvalue weighted by atomic mass is 16.6. The van der Waals surface area contributed by atoms with E-state index in [9.17, 15) is 19.7 Å². The Bertz CT molecular complexity index is 1800. The minimum absolute atomic E-state index is 0.112. The molecule has 0 radical (unpaired) electrons. The van der Waals surface area contributed by atoms with E-state index >= 15 is 0 Å². The molecule has 50 heavy (non-hydrogen) atoms. The molecule has 2 fully saturated rings. The summed E-state index contributed by atoms with van der Waals surface area (Å²) in [6, 6.07) is 15.0. The molecule has 0 spiro atoms. The second-order valence-corrected chi connectivity index (χ2v) is 15.6. The number of benzene rings is 2. The number of likely N-dealkylation sites (tertiary alicyclic amines) is 2. The molecule has 2 aliphatic rings. The van der Waals surface area contributed by atoms with Gasteiger partial charge in [-0.1, -0.05) is 0 Å². The third-order valence-corrected chi connectivity index (χ3v) is 9.20. The largest absolute Gasteiger partial charge is 0.444 e. The summed E-state index contributed by atoms with van der Waals surface area (Å²) in [4.78, 5) is 38.4. The van der Waals surface area contributed by atoms with Crippen molar-refractivity contribution in [2.45, 2.75) is 91.5 Å². The Morgan fingerprint density at radius 3 is 1.56 bits per heavy atom. The van der Waals surface area contributed by atoms with Gasteiger partial charge in [-0.2, -0.15) is 0 Å². The van der Waals surface area contributed by atoms with Gasteiger partial charge in [-0.25, -0.2) is 9.59 Å². The van der Waals surface area contributed by atoms with Crippen molar-refractivity contribution in [3.63, 3.8) is 0 Å². The van der Waals surface area contributed by atoms with Gasteiger partial charge in [0, 0.05) is 91.3 Å². The fourth-order valence-electron chi connectivity index (χ4n) is 6.64. The molecular weight excluding hydrogens is 636 g/mol. The van der Waals surface area contributed by atoms with Crippen LogP contribution in [-0.2, 0) is 22.6 Å². The van der Waals surface area contributed by atoms with Gasteiger partial charge in [0.25, 0.3) is 5.69 Å². The van der Waals surface area contributed by atoms with E-state index in [1.807, 2.05) is 76.9 Å². The fraction of sp³-hybridized carbons (Fsp3) is 0.526. The van der Waals surface area contributed by atoms with Crippen LogP contribution in [0.15, 0.2) is 60.9 Å². The van der Waals surface area contributed by atoms with Crippen LogP contribution in [-0.4, -0.2) is 73.4 Å². The summed E-state index contributed by atoms with van der Waals surface area (Å²) >= 11 is 0. The summed E-state index contributed by atoms with van der Waals surface area (Å²) in [6.45, 7) is 16.1. The molecule has 2 N–H and O–H groups in total. The summed E-state index contributed by atoms with van der Waals surface area (Å²) in [5.41, 5.74) is 8.08.